The number of thiophene rings is 4. The summed E-state index contributed by atoms with van der Waals surface area (Å²) in [6.07, 6.45) is -22.3. The Kier molecular flexibility index (Phi) is 8.84. The number of alkyl halides is 12. The van der Waals surface area contributed by atoms with Crippen LogP contribution in [0.25, 0.3) is 61.6 Å². The molecule has 0 bridgehead atoms. The zero-order chi connectivity index (χ0) is 36.6. The molecule has 0 unspecified atom stereocenters. The molecule has 0 saturated carbocycles. The molecule has 50 heavy (non-hydrogen) atoms. The molecule has 2 nitrogen and oxygen atoms in total. The van der Waals surface area contributed by atoms with E-state index in [-0.39, 0.29) is 22.2 Å². The van der Waals surface area contributed by atoms with Crippen LogP contribution in [0.2, 0.25) is 0 Å². The minimum absolute atomic E-state index is 0.263. The van der Waals surface area contributed by atoms with E-state index in [1.165, 1.54) is 34.8 Å². The van der Waals surface area contributed by atoms with Gasteiger partial charge in [0.15, 0.2) is 0 Å². The van der Waals surface area contributed by atoms with E-state index in [9.17, 15) is 52.7 Å². The third-order valence-electron chi connectivity index (χ3n) is 7.39. The first kappa shape index (κ1) is 35.8. The first-order valence-electron chi connectivity index (χ1n) is 13.6. The molecule has 0 atom stereocenters. The first-order valence-corrected chi connectivity index (χ1v) is 16.9. The van der Waals surface area contributed by atoms with Gasteiger partial charge in [-0.2, -0.15) is 52.7 Å². The fourth-order valence-electron chi connectivity index (χ4n) is 5.34. The van der Waals surface area contributed by atoms with Crippen LogP contribution in [0.1, 0.15) is 9.75 Å². The Morgan fingerprint density at radius 1 is 0.420 bits per heavy atom. The smallest absolute Gasteiger partial charge is 0.308 e. The van der Waals surface area contributed by atoms with Crippen LogP contribution in [0.5, 0.6) is 0 Å². The fourth-order valence-corrected chi connectivity index (χ4v) is 9.83. The molecule has 0 radical (unpaired) electrons. The predicted molar refractivity (Wildman–Crippen MR) is 177 cm³/mol. The number of benzene rings is 2. The lowest BCUT2D eigenvalue weighted by atomic mass is 10.0. The van der Waals surface area contributed by atoms with Gasteiger partial charge < -0.3 is 10.8 Å². The van der Waals surface area contributed by atoms with Crippen molar-refractivity contribution in [1.29, 1.82) is 10.8 Å². The summed E-state index contributed by atoms with van der Waals surface area (Å²) >= 11 is 3.39. The molecule has 0 saturated heterocycles. The van der Waals surface area contributed by atoms with Crippen molar-refractivity contribution in [2.45, 2.75) is 24.7 Å². The molecule has 0 amide bonds. The molecular formula is C32H14F12N2S4. The summed E-state index contributed by atoms with van der Waals surface area (Å²) in [6, 6.07) is 14.8. The highest BCUT2D eigenvalue weighted by Crippen LogP contribution is 2.49. The predicted octanol–water partition coefficient (Wildman–Crippen LogP) is 13.8. The Hall–Kier alpha value is -4.00. The van der Waals surface area contributed by atoms with E-state index >= 15 is 0 Å². The van der Waals surface area contributed by atoms with Crippen molar-refractivity contribution in [3.8, 4) is 19.5 Å². The third-order valence-corrected chi connectivity index (χ3v) is 12.2. The monoisotopic (exact) mass is 782 g/mol. The largest absolute Gasteiger partial charge is 0.418 e. The maximum absolute atomic E-state index is 13.8. The Balaban J connectivity index is 1.42. The van der Waals surface area contributed by atoms with Crippen molar-refractivity contribution < 1.29 is 52.7 Å². The SMILES string of the molecule is N=C/C(=C(\c1ccc(-c2cc3c(ccc4c5cc(-c6ccc(/C(=C(\C=N)C(F)(F)F)C(F)(F)F)s6)sc5ccc34)s2)s1)C(F)(F)F)C(F)(F)F. The maximum atomic E-state index is 13.8. The van der Waals surface area contributed by atoms with E-state index in [0.717, 1.165) is 12.1 Å². The van der Waals surface area contributed by atoms with Gasteiger partial charge in [0.1, 0.15) is 0 Å². The van der Waals surface area contributed by atoms with Crippen LogP contribution < -0.4 is 0 Å². The van der Waals surface area contributed by atoms with Gasteiger partial charge in [-0.05, 0) is 59.3 Å². The summed E-state index contributed by atoms with van der Waals surface area (Å²) in [5.41, 5.74) is -8.16. The second kappa shape index (κ2) is 12.3. The van der Waals surface area contributed by atoms with Gasteiger partial charge in [0.25, 0.3) is 0 Å². The van der Waals surface area contributed by atoms with Gasteiger partial charge in [-0.25, -0.2) is 0 Å². The van der Waals surface area contributed by atoms with Crippen molar-refractivity contribution in [2.75, 3.05) is 0 Å². The van der Waals surface area contributed by atoms with Gasteiger partial charge in [0.2, 0.25) is 0 Å². The Morgan fingerprint density at radius 2 is 0.780 bits per heavy atom. The molecule has 18 heteroatoms. The summed E-state index contributed by atoms with van der Waals surface area (Å²) in [4.78, 5) is 0.0588. The van der Waals surface area contributed by atoms with Gasteiger partial charge in [0.05, 0.1) is 22.3 Å². The standard InChI is InChI=1S/C32H14F12N2S4/c33-29(34,35)17(11-45)27(31(39,40)41)23-7-5-21(49-23)25-9-15-13-1-3-19-16(14(13)2-4-20(15)48-25)10-26(47-19)22-6-8-24(50-22)28(32(42,43)44)18(12-46)30(36,37)38/h1-12,45-46H/b27-17-,28-18-,45-11?,46-12?. The van der Waals surface area contributed by atoms with E-state index in [0.29, 0.717) is 63.4 Å². The maximum Gasteiger partial charge on any atom is 0.418 e. The highest BCUT2D eigenvalue weighted by Gasteiger charge is 2.47. The first-order chi connectivity index (χ1) is 23.2. The molecule has 6 aromatic rings. The van der Waals surface area contributed by atoms with Gasteiger partial charge in [-0.15, -0.1) is 45.3 Å². The molecule has 0 fully saturated rings. The van der Waals surface area contributed by atoms with E-state index < -0.39 is 56.8 Å². The summed E-state index contributed by atoms with van der Waals surface area (Å²) in [6.45, 7) is 0. The number of fused-ring (bicyclic) bond motifs is 5. The third kappa shape index (κ3) is 6.49. The second-order valence-electron chi connectivity index (χ2n) is 10.5. The second-order valence-corrected chi connectivity index (χ2v) is 14.8. The van der Waals surface area contributed by atoms with Gasteiger partial charge >= 0.3 is 24.7 Å². The van der Waals surface area contributed by atoms with E-state index in [2.05, 4.69) is 0 Å². The van der Waals surface area contributed by atoms with Crippen LogP contribution in [0.3, 0.4) is 0 Å². The van der Waals surface area contributed by atoms with Crippen LogP contribution in [-0.2, 0) is 0 Å². The number of halogens is 12. The number of hydrogen-bond acceptors (Lipinski definition) is 6. The average molecular weight is 783 g/mol. The molecule has 2 N–H and O–H groups in total. The average Bonchev–Trinajstić information content (AvgIpc) is 3.80. The minimum Gasteiger partial charge on any atom is -0.308 e. The molecule has 6 rings (SSSR count). The molecule has 260 valence electrons. The molecule has 0 aliphatic heterocycles. The van der Waals surface area contributed by atoms with Crippen molar-refractivity contribution in [3.05, 3.63) is 81.6 Å². The van der Waals surface area contributed by atoms with Crippen LogP contribution in [0.4, 0.5) is 52.7 Å². The van der Waals surface area contributed by atoms with Crippen LogP contribution in [0.15, 0.2) is 71.8 Å². The molecule has 2 aromatic carbocycles. The normalized spacial score (nSPS) is 14.4. The van der Waals surface area contributed by atoms with E-state index in [1.54, 1.807) is 36.4 Å². The number of allylic oxidation sites excluding steroid dienone is 4. The molecule has 0 aliphatic rings. The minimum atomic E-state index is -5.41. The molecule has 4 aromatic heterocycles. The lowest BCUT2D eigenvalue weighted by Crippen LogP contribution is -2.21. The number of rotatable bonds is 6. The molecule has 4 heterocycles. The number of nitrogens with one attached hydrogen (secondary N) is 2. The van der Waals surface area contributed by atoms with Gasteiger partial charge in [0, 0.05) is 61.9 Å². The summed E-state index contributed by atoms with van der Waals surface area (Å²) in [7, 11) is 0. The highest BCUT2D eigenvalue weighted by atomic mass is 32.1. The summed E-state index contributed by atoms with van der Waals surface area (Å²) in [5, 5.41) is 16.8. The lowest BCUT2D eigenvalue weighted by Gasteiger charge is -2.16. The highest BCUT2D eigenvalue weighted by molar-refractivity contribution is 7.27. The van der Waals surface area contributed by atoms with E-state index in [1.807, 2.05) is 0 Å². The summed E-state index contributed by atoms with van der Waals surface area (Å²) < 4.78 is 164. The van der Waals surface area contributed by atoms with Gasteiger partial charge in [-0.1, -0.05) is 12.1 Å². The Morgan fingerprint density at radius 3 is 1.08 bits per heavy atom. The van der Waals surface area contributed by atoms with Crippen LogP contribution in [0, 0.1) is 10.8 Å². The van der Waals surface area contributed by atoms with Gasteiger partial charge in [-0.3, -0.25) is 0 Å². The van der Waals surface area contributed by atoms with Crippen LogP contribution >= 0.6 is 45.3 Å². The Labute approximate surface area is 288 Å². The van der Waals surface area contributed by atoms with Crippen molar-refractivity contribution in [2.24, 2.45) is 0 Å². The number of hydrogen-bond donors (Lipinski definition) is 2. The molecular weight excluding hydrogens is 769 g/mol. The van der Waals surface area contributed by atoms with Crippen molar-refractivity contribution >= 4 is 99.9 Å². The zero-order valence-corrected chi connectivity index (χ0v) is 27.4. The van der Waals surface area contributed by atoms with Crippen molar-refractivity contribution in [3.63, 3.8) is 0 Å². The fraction of sp³-hybridized carbons (Fsp3) is 0.125. The van der Waals surface area contributed by atoms with Crippen molar-refractivity contribution in [1.82, 2.24) is 0 Å². The zero-order valence-electron chi connectivity index (χ0n) is 24.1. The topological polar surface area (TPSA) is 47.7 Å². The molecule has 0 aliphatic carbocycles. The van der Waals surface area contributed by atoms with E-state index in [4.69, 9.17) is 10.8 Å². The molecule has 0 spiro atoms. The van der Waals surface area contributed by atoms with Crippen LogP contribution in [-0.4, -0.2) is 37.1 Å². The summed E-state index contributed by atoms with van der Waals surface area (Å²) in [5.74, 6) is 0. The quantitative estimate of drug-likeness (QED) is 0.125. The lowest BCUT2D eigenvalue weighted by molar-refractivity contribution is -0.0959. The Bertz CT molecular complexity index is 2210.